The smallest absolute Gasteiger partial charge is 0.223 e. The van der Waals surface area contributed by atoms with E-state index in [0.29, 0.717) is 17.9 Å². The first-order valence-electron chi connectivity index (χ1n) is 6.25. The molecule has 0 saturated carbocycles. The molecular weight excluding hydrogens is 214 g/mol. The Labute approximate surface area is 102 Å². The minimum atomic E-state index is 0.338. The highest BCUT2D eigenvalue weighted by Crippen LogP contribution is 2.28. The van der Waals surface area contributed by atoms with Crippen LogP contribution in [0.2, 0.25) is 0 Å². The SMILES string of the molecule is CCNc1cc(N2CC(C)CC2C)nc(N)n1. The van der Waals surface area contributed by atoms with Crippen molar-refractivity contribution in [2.75, 3.05) is 29.0 Å². The molecule has 1 fully saturated rings. The Balaban J connectivity index is 2.25. The van der Waals surface area contributed by atoms with Crippen LogP contribution in [-0.2, 0) is 0 Å². The van der Waals surface area contributed by atoms with E-state index in [2.05, 4.69) is 34.0 Å². The van der Waals surface area contributed by atoms with Gasteiger partial charge in [0.05, 0.1) is 0 Å². The molecule has 1 aliphatic rings. The number of nitrogens with one attached hydrogen (secondary N) is 1. The van der Waals surface area contributed by atoms with Gasteiger partial charge in [-0.05, 0) is 26.2 Å². The van der Waals surface area contributed by atoms with Crippen LogP contribution in [0.1, 0.15) is 27.2 Å². The van der Waals surface area contributed by atoms with Gasteiger partial charge < -0.3 is 16.0 Å². The normalized spacial score (nSPS) is 24.1. The number of nitrogens with two attached hydrogens (primary N) is 1. The fourth-order valence-electron chi connectivity index (χ4n) is 2.49. The molecule has 94 valence electrons. The van der Waals surface area contributed by atoms with Crippen molar-refractivity contribution in [2.45, 2.75) is 33.2 Å². The third-order valence-electron chi connectivity index (χ3n) is 3.17. The second-order valence-corrected chi connectivity index (χ2v) is 4.84. The summed E-state index contributed by atoms with van der Waals surface area (Å²) in [7, 11) is 0. The largest absolute Gasteiger partial charge is 0.370 e. The first kappa shape index (κ1) is 12.0. The molecule has 0 spiro atoms. The molecule has 5 heteroatoms. The maximum Gasteiger partial charge on any atom is 0.223 e. The van der Waals surface area contributed by atoms with Crippen LogP contribution < -0.4 is 16.0 Å². The van der Waals surface area contributed by atoms with Gasteiger partial charge in [-0.2, -0.15) is 9.97 Å². The molecule has 5 nitrogen and oxygen atoms in total. The lowest BCUT2D eigenvalue weighted by Gasteiger charge is -2.23. The lowest BCUT2D eigenvalue weighted by atomic mass is 10.1. The molecule has 3 N–H and O–H groups in total. The van der Waals surface area contributed by atoms with Crippen molar-refractivity contribution in [3.8, 4) is 0 Å². The predicted octanol–water partition coefficient (Wildman–Crippen LogP) is 1.73. The van der Waals surface area contributed by atoms with Gasteiger partial charge in [0.15, 0.2) is 0 Å². The zero-order valence-corrected chi connectivity index (χ0v) is 10.8. The summed E-state index contributed by atoms with van der Waals surface area (Å²) in [5, 5.41) is 3.18. The lowest BCUT2D eigenvalue weighted by molar-refractivity contribution is 0.625. The average molecular weight is 235 g/mol. The number of nitrogen functional groups attached to an aromatic ring is 1. The van der Waals surface area contributed by atoms with Gasteiger partial charge in [0, 0.05) is 25.2 Å². The summed E-state index contributed by atoms with van der Waals surface area (Å²) in [4.78, 5) is 10.8. The van der Waals surface area contributed by atoms with Gasteiger partial charge in [-0.25, -0.2) is 0 Å². The Hall–Kier alpha value is -1.52. The molecule has 2 heterocycles. The Morgan fingerprint density at radius 3 is 2.82 bits per heavy atom. The zero-order chi connectivity index (χ0) is 12.4. The summed E-state index contributed by atoms with van der Waals surface area (Å²) >= 11 is 0. The van der Waals surface area contributed by atoms with Crippen molar-refractivity contribution in [1.29, 1.82) is 0 Å². The summed E-state index contributed by atoms with van der Waals surface area (Å²) in [6, 6.07) is 2.50. The molecule has 1 aromatic heterocycles. The number of aromatic nitrogens is 2. The van der Waals surface area contributed by atoms with Crippen LogP contribution in [0.3, 0.4) is 0 Å². The first-order chi connectivity index (χ1) is 8.10. The van der Waals surface area contributed by atoms with Crippen molar-refractivity contribution in [3.05, 3.63) is 6.07 Å². The molecule has 1 aliphatic heterocycles. The van der Waals surface area contributed by atoms with Gasteiger partial charge >= 0.3 is 0 Å². The van der Waals surface area contributed by atoms with Gasteiger partial charge in [0.25, 0.3) is 0 Å². The van der Waals surface area contributed by atoms with Gasteiger partial charge in [-0.1, -0.05) is 6.92 Å². The Kier molecular flexibility index (Phi) is 3.36. The summed E-state index contributed by atoms with van der Waals surface area (Å²) in [6.07, 6.45) is 1.21. The highest BCUT2D eigenvalue weighted by atomic mass is 15.3. The molecule has 2 atom stereocenters. The van der Waals surface area contributed by atoms with Crippen LogP contribution in [0.15, 0.2) is 6.07 Å². The van der Waals surface area contributed by atoms with Gasteiger partial charge in [-0.3, -0.25) is 0 Å². The number of rotatable bonds is 3. The van der Waals surface area contributed by atoms with Crippen LogP contribution in [0.5, 0.6) is 0 Å². The minimum Gasteiger partial charge on any atom is -0.370 e. The van der Waals surface area contributed by atoms with Gasteiger partial charge in [-0.15, -0.1) is 0 Å². The second-order valence-electron chi connectivity index (χ2n) is 4.84. The Morgan fingerprint density at radius 1 is 1.47 bits per heavy atom. The fraction of sp³-hybridized carbons (Fsp3) is 0.667. The van der Waals surface area contributed by atoms with E-state index in [4.69, 9.17) is 5.73 Å². The predicted molar refractivity (Wildman–Crippen MR) is 71.2 cm³/mol. The molecular formula is C12H21N5. The number of hydrogen-bond donors (Lipinski definition) is 2. The molecule has 17 heavy (non-hydrogen) atoms. The Bertz CT molecular complexity index is 392. The number of hydrogen-bond acceptors (Lipinski definition) is 5. The number of nitrogens with zero attached hydrogens (tertiary/aromatic N) is 3. The number of anilines is 3. The van der Waals surface area contributed by atoms with Crippen molar-refractivity contribution < 1.29 is 0 Å². The molecule has 0 radical (unpaired) electrons. The molecule has 1 saturated heterocycles. The maximum atomic E-state index is 5.75. The van der Waals surface area contributed by atoms with Crippen molar-refractivity contribution in [3.63, 3.8) is 0 Å². The van der Waals surface area contributed by atoms with Gasteiger partial charge in [0.1, 0.15) is 11.6 Å². The highest BCUT2D eigenvalue weighted by Gasteiger charge is 2.27. The Morgan fingerprint density at radius 2 is 2.24 bits per heavy atom. The van der Waals surface area contributed by atoms with Crippen LogP contribution in [0.25, 0.3) is 0 Å². The van der Waals surface area contributed by atoms with E-state index in [0.717, 1.165) is 24.7 Å². The van der Waals surface area contributed by atoms with E-state index in [-0.39, 0.29) is 0 Å². The lowest BCUT2D eigenvalue weighted by Crippen LogP contribution is -2.28. The first-order valence-corrected chi connectivity index (χ1v) is 6.25. The molecule has 0 amide bonds. The van der Waals surface area contributed by atoms with Crippen LogP contribution in [0, 0.1) is 5.92 Å². The van der Waals surface area contributed by atoms with Crippen molar-refractivity contribution in [1.82, 2.24) is 9.97 Å². The quantitative estimate of drug-likeness (QED) is 0.835. The van der Waals surface area contributed by atoms with E-state index in [1.54, 1.807) is 0 Å². The maximum absolute atomic E-state index is 5.75. The molecule has 0 aliphatic carbocycles. The van der Waals surface area contributed by atoms with Crippen molar-refractivity contribution >= 4 is 17.6 Å². The van der Waals surface area contributed by atoms with Crippen LogP contribution >= 0.6 is 0 Å². The van der Waals surface area contributed by atoms with E-state index in [1.807, 2.05) is 13.0 Å². The zero-order valence-electron chi connectivity index (χ0n) is 10.8. The van der Waals surface area contributed by atoms with Crippen LogP contribution in [-0.4, -0.2) is 29.1 Å². The van der Waals surface area contributed by atoms with Crippen molar-refractivity contribution in [2.24, 2.45) is 5.92 Å². The molecule has 2 rings (SSSR count). The summed E-state index contributed by atoms with van der Waals surface area (Å²) in [5.41, 5.74) is 5.75. The van der Waals surface area contributed by atoms with Gasteiger partial charge in [0.2, 0.25) is 5.95 Å². The third-order valence-corrected chi connectivity index (χ3v) is 3.17. The third kappa shape index (κ3) is 2.60. The summed E-state index contributed by atoms with van der Waals surface area (Å²) in [5.74, 6) is 2.79. The average Bonchev–Trinajstić information content (AvgIpc) is 2.57. The second kappa shape index (κ2) is 4.77. The van der Waals surface area contributed by atoms with E-state index >= 15 is 0 Å². The topological polar surface area (TPSA) is 67.1 Å². The summed E-state index contributed by atoms with van der Waals surface area (Å²) in [6.45, 7) is 8.42. The summed E-state index contributed by atoms with van der Waals surface area (Å²) < 4.78 is 0. The van der Waals surface area contributed by atoms with E-state index in [9.17, 15) is 0 Å². The molecule has 1 aromatic rings. The molecule has 0 aromatic carbocycles. The fourth-order valence-corrected chi connectivity index (χ4v) is 2.49. The standard InChI is InChI=1S/C12H21N5/c1-4-14-10-6-11(16-12(13)15-10)17-7-8(2)5-9(17)3/h6,8-9H,4-5,7H2,1-3H3,(H3,13,14,15,16). The van der Waals surface area contributed by atoms with E-state index in [1.165, 1.54) is 6.42 Å². The highest BCUT2D eigenvalue weighted by molar-refractivity contribution is 5.53. The van der Waals surface area contributed by atoms with E-state index < -0.39 is 0 Å². The van der Waals surface area contributed by atoms with Crippen LogP contribution in [0.4, 0.5) is 17.6 Å². The monoisotopic (exact) mass is 235 g/mol. The molecule has 2 unspecified atom stereocenters. The molecule has 0 bridgehead atoms. The minimum absolute atomic E-state index is 0.338.